The molecule has 0 aliphatic carbocycles. The predicted octanol–water partition coefficient (Wildman–Crippen LogP) is 2.67. The molecule has 0 spiro atoms. The Labute approximate surface area is 112 Å². The summed E-state index contributed by atoms with van der Waals surface area (Å²) in [6.07, 6.45) is 1.98. The molecule has 0 aliphatic rings. The fourth-order valence-corrected chi connectivity index (χ4v) is 1.60. The van der Waals surface area contributed by atoms with Crippen LogP contribution in [0.4, 0.5) is 0 Å². The lowest BCUT2D eigenvalue weighted by atomic mass is 10.2. The van der Waals surface area contributed by atoms with Crippen molar-refractivity contribution in [2.75, 3.05) is 13.6 Å². The van der Waals surface area contributed by atoms with E-state index in [0.717, 1.165) is 25.3 Å². The quantitative estimate of drug-likeness (QED) is 0.805. The van der Waals surface area contributed by atoms with E-state index in [2.05, 4.69) is 62.1 Å². The van der Waals surface area contributed by atoms with Crippen molar-refractivity contribution in [1.82, 2.24) is 15.2 Å². The normalized spacial score (nSPS) is 11.8. The average Bonchev–Trinajstić information content (AvgIpc) is 2.30. The Morgan fingerprint density at radius 3 is 2.44 bits per heavy atom. The first kappa shape index (κ1) is 15.1. The molecule has 18 heavy (non-hydrogen) atoms. The minimum absolute atomic E-state index is 0.555. The van der Waals surface area contributed by atoms with Gasteiger partial charge in [0.05, 0.1) is 5.69 Å². The van der Waals surface area contributed by atoms with E-state index in [4.69, 9.17) is 0 Å². The maximum absolute atomic E-state index is 4.52. The first-order valence-electron chi connectivity index (χ1n) is 6.83. The highest BCUT2D eigenvalue weighted by molar-refractivity contribution is 5.14. The summed E-state index contributed by atoms with van der Waals surface area (Å²) < 4.78 is 0. The maximum Gasteiger partial charge on any atom is 0.0544 e. The van der Waals surface area contributed by atoms with Crippen LogP contribution < -0.4 is 5.32 Å². The van der Waals surface area contributed by atoms with Gasteiger partial charge in [-0.05, 0) is 45.0 Å². The highest BCUT2D eigenvalue weighted by atomic mass is 15.1. The van der Waals surface area contributed by atoms with Crippen molar-refractivity contribution in [3.8, 4) is 0 Å². The molecule has 102 valence electrons. The average molecular weight is 249 g/mol. The third-order valence-corrected chi connectivity index (χ3v) is 3.06. The SMILES string of the molecule is CC(C)CNCc1ccc(CN(C)C(C)C)nc1. The molecular weight excluding hydrogens is 222 g/mol. The molecular formula is C15H27N3. The van der Waals surface area contributed by atoms with Crippen molar-refractivity contribution < 1.29 is 0 Å². The monoisotopic (exact) mass is 249 g/mol. The molecule has 0 aromatic carbocycles. The molecule has 0 aliphatic heterocycles. The van der Waals surface area contributed by atoms with Crippen LogP contribution in [0.2, 0.25) is 0 Å². The van der Waals surface area contributed by atoms with Crippen molar-refractivity contribution >= 4 is 0 Å². The Bertz CT molecular complexity index is 330. The molecule has 0 saturated carbocycles. The Balaban J connectivity index is 2.42. The standard InChI is InChI=1S/C15H27N3/c1-12(2)8-16-9-14-6-7-15(17-10-14)11-18(5)13(3)4/h6-7,10,12-13,16H,8-9,11H2,1-5H3. The zero-order valence-corrected chi connectivity index (χ0v) is 12.4. The van der Waals surface area contributed by atoms with Gasteiger partial charge < -0.3 is 5.32 Å². The van der Waals surface area contributed by atoms with E-state index in [9.17, 15) is 0 Å². The lowest BCUT2D eigenvalue weighted by molar-refractivity contribution is 0.262. The van der Waals surface area contributed by atoms with E-state index >= 15 is 0 Å². The fraction of sp³-hybridized carbons (Fsp3) is 0.667. The van der Waals surface area contributed by atoms with Gasteiger partial charge in [0, 0.05) is 25.3 Å². The highest BCUT2D eigenvalue weighted by Crippen LogP contribution is 2.05. The molecule has 1 N–H and O–H groups in total. The number of hydrogen-bond acceptors (Lipinski definition) is 3. The summed E-state index contributed by atoms with van der Waals surface area (Å²) in [5, 5.41) is 3.43. The van der Waals surface area contributed by atoms with Crippen LogP contribution in [0, 0.1) is 5.92 Å². The summed E-state index contributed by atoms with van der Waals surface area (Å²) in [6, 6.07) is 4.86. The number of hydrogen-bond donors (Lipinski definition) is 1. The summed E-state index contributed by atoms with van der Waals surface area (Å²) in [5.74, 6) is 0.692. The Hall–Kier alpha value is -0.930. The topological polar surface area (TPSA) is 28.2 Å². The third kappa shape index (κ3) is 5.61. The molecule has 0 amide bonds. The molecule has 1 rings (SSSR count). The summed E-state index contributed by atoms with van der Waals surface area (Å²) in [6.45, 7) is 11.7. The van der Waals surface area contributed by atoms with E-state index in [1.807, 2.05) is 6.20 Å². The zero-order chi connectivity index (χ0) is 13.5. The van der Waals surface area contributed by atoms with Gasteiger partial charge in [0.2, 0.25) is 0 Å². The number of rotatable bonds is 7. The molecule has 1 aromatic rings. The second-order valence-corrected chi connectivity index (χ2v) is 5.69. The summed E-state index contributed by atoms with van der Waals surface area (Å²) >= 11 is 0. The smallest absolute Gasteiger partial charge is 0.0544 e. The van der Waals surface area contributed by atoms with Gasteiger partial charge in [-0.15, -0.1) is 0 Å². The zero-order valence-electron chi connectivity index (χ0n) is 12.4. The highest BCUT2D eigenvalue weighted by Gasteiger charge is 2.05. The molecule has 0 unspecified atom stereocenters. The molecule has 0 atom stereocenters. The first-order chi connectivity index (χ1) is 8.49. The Kier molecular flexibility index (Phi) is 6.30. The molecule has 3 heteroatoms. The van der Waals surface area contributed by atoms with Crippen LogP contribution in [0.1, 0.15) is 39.0 Å². The minimum atomic E-state index is 0.555. The van der Waals surface area contributed by atoms with Gasteiger partial charge in [-0.1, -0.05) is 19.9 Å². The van der Waals surface area contributed by atoms with Crippen molar-refractivity contribution in [3.63, 3.8) is 0 Å². The summed E-state index contributed by atoms with van der Waals surface area (Å²) in [5.41, 5.74) is 2.39. The van der Waals surface area contributed by atoms with Crippen LogP contribution >= 0.6 is 0 Å². The van der Waals surface area contributed by atoms with Crippen molar-refractivity contribution in [3.05, 3.63) is 29.6 Å². The number of nitrogens with zero attached hydrogens (tertiary/aromatic N) is 2. The lowest BCUT2D eigenvalue weighted by Gasteiger charge is -2.20. The fourth-order valence-electron chi connectivity index (χ4n) is 1.60. The van der Waals surface area contributed by atoms with Crippen LogP contribution in [0.3, 0.4) is 0 Å². The largest absolute Gasteiger partial charge is 0.312 e. The molecule has 1 heterocycles. The van der Waals surface area contributed by atoms with E-state index in [1.165, 1.54) is 5.56 Å². The third-order valence-electron chi connectivity index (χ3n) is 3.06. The van der Waals surface area contributed by atoms with Gasteiger partial charge in [-0.25, -0.2) is 0 Å². The van der Waals surface area contributed by atoms with Crippen LogP contribution in [-0.2, 0) is 13.1 Å². The molecule has 0 radical (unpaired) electrons. The van der Waals surface area contributed by atoms with Crippen molar-refractivity contribution in [1.29, 1.82) is 0 Å². The van der Waals surface area contributed by atoms with Gasteiger partial charge in [0.15, 0.2) is 0 Å². The van der Waals surface area contributed by atoms with E-state index in [1.54, 1.807) is 0 Å². The van der Waals surface area contributed by atoms with Gasteiger partial charge in [-0.2, -0.15) is 0 Å². The summed E-state index contributed by atoms with van der Waals surface area (Å²) in [7, 11) is 2.13. The molecule has 1 aromatic heterocycles. The maximum atomic E-state index is 4.52. The van der Waals surface area contributed by atoms with E-state index in [0.29, 0.717) is 12.0 Å². The predicted molar refractivity (Wildman–Crippen MR) is 77.4 cm³/mol. The Morgan fingerprint density at radius 2 is 1.94 bits per heavy atom. The van der Waals surface area contributed by atoms with Crippen molar-refractivity contribution in [2.45, 2.75) is 46.8 Å². The molecule has 0 bridgehead atoms. The molecule has 0 fully saturated rings. The van der Waals surface area contributed by atoms with Crippen LogP contribution in [0.25, 0.3) is 0 Å². The second-order valence-electron chi connectivity index (χ2n) is 5.69. The van der Waals surface area contributed by atoms with E-state index < -0.39 is 0 Å². The van der Waals surface area contributed by atoms with Crippen LogP contribution in [-0.4, -0.2) is 29.5 Å². The minimum Gasteiger partial charge on any atom is -0.312 e. The molecule has 0 saturated heterocycles. The van der Waals surface area contributed by atoms with Crippen LogP contribution in [0.15, 0.2) is 18.3 Å². The molecule has 3 nitrogen and oxygen atoms in total. The van der Waals surface area contributed by atoms with Gasteiger partial charge >= 0.3 is 0 Å². The lowest BCUT2D eigenvalue weighted by Crippen LogP contribution is -2.26. The van der Waals surface area contributed by atoms with Crippen LogP contribution in [0.5, 0.6) is 0 Å². The Morgan fingerprint density at radius 1 is 1.22 bits per heavy atom. The number of pyridine rings is 1. The van der Waals surface area contributed by atoms with Crippen molar-refractivity contribution in [2.24, 2.45) is 5.92 Å². The van der Waals surface area contributed by atoms with Gasteiger partial charge in [0.1, 0.15) is 0 Å². The second kappa shape index (κ2) is 7.49. The van der Waals surface area contributed by atoms with E-state index in [-0.39, 0.29) is 0 Å². The van der Waals surface area contributed by atoms with Gasteiger partial charge in [0.25, 0.3) is 0 Å². The van der Waals surface area contributed by atoms with Gasteiger partial charge in [-0.3, -0.25) is 9.88 Å². The number of aromatic nitrogens is 1. The number of nitrogens with one attached hydrogen (secondary N) is 1. The first-order valence-corrected chi connectivity index (χ1v) is 6.83. The summed E-state index contributed by atoms with van der Waals surface area (Å²) in [4.78, 5) is 6.81.